The Morgan fingerprint density at radius 1 is 1.40 bits per heavy atom. The summed E-state index contributed by atoms with van der Waals surface area (Å²) in [5.41, 5.74) is 0.777. The maximum atomic E-state index is 12.0. The monoisotopic (exact) mass is 293 g/mol. The minimum absolute atomic E-state index is 0.0263. The average Bonchev–Trinajstić information content (AvgIpc) is 2.80. The number of hydrogen-bond donors (Lipinski definition) is 1. The molecule has 20 heavy (non-hydrogen) atoms. The Morgan fingerprint density at radius 3 is 3.15 bits per heavy atom. The quantitative estimate of drug-likeness (QED) is 0.931. The van der Waals surface area contributed by atoms with Crippen molar-refractivity contribution in [2.45, 2.75) is 38.3 Å². The van der Waals surface area contributed by atoms with Gasteiger partial charge in [-0.2, -0.15) is 0 Å². The number of aliphatic hydroxyl groups is 1. The molecule has 0 aliphatic carbocycles. The summed E-state index contributed by atoms with van der Waals surface area (Å²) in [6.45, 7) is 1.80. The van der Waals surface area contributed by atoms with Gasteiger partial charge < -0.3 is 5.11 Å². The summed E-state index contributed by atoms with van der Waals surface area (Å²) in [4.78, 5) is 19.5. The summed E-state index contributed by atoms with van der Waals surface area (Å²) in [7, 11) is 0. The van der Waals surface area contributed by atoms with Crippen molar-refractivity contribution in [2.24, 2.45) is 0 Å². The van der Waals surface area contributed by atoms with Gasteiger partial charge in [0.25, 0.3) is 5.56 Å². The van der Waals surface area contributed by atoms with E-state index >= 15 is 0 Å². The molecule has 108 valence electrons. The van der Waals surface area contributed by atoms with Crippen LogP contribution in [0.1, 0.15) is 31.4 Å². The molecule has 0 saturated carbocycles. The molecule has 1 aliphatic heterocycles. The van der Waals surface area contributed by atoms with Crippen molar-refractivity contribution in [1.82, 2.24) is 14.3 Å². The maximum absolute atomic E-state index is 12.0. The first kappa shape index (κ1) is 13.7. The van der Waals surface area contributed by atoms with E-state index in [9.17, 15) is 9.90 Å². The molecule has 0 bridgehead atoms. The fourth-order valence-corrected chi connectivity index (χ4v) is 3.57. The van der Waals surface area contributed by atoms with Crippen LogP contribution in [0.2, 0.25) is 0 Å². The first-order valence-corrected chi connectivity index (χ1v) is 7.96. The average molecular weight is 293 g/mol. The van der Waals surface area contributed by atoms with Gasteiger partial charge in [-0.1, -0.05) is 12.8 Å². The Balaban J connectivity index is 1.85. The molecule has 6 heteroatoms. The fraction of sp³-hybridized carbons (Fsp3) is 0.571. The Morgan fingerprint density at radius 2 is 2.30 bits per heavy atom. The highest BCUT2D eigenvalue weighted by atomic mass is 32.1. The number of likely N-dealkylation sites (tertiary alicyclic amines) is 1. The lowest BCUT2D eigenvalue weighted by molar-refractivity contribution is 0.117. The zero-order chi connectivity index (χ0) is 13.9. The normalized spacial score (nSPS) is 21.1. The van der Waals surface area contributed by atoms with Crippen molar-refractivity contribution in [2.75, 3.05) is 13.2 Å². The van der Waals surface area contributed by atoms with E-state index in [0.717, 1.165) is 30.0 Å². The van der Waals surface area contributed by atoms with E-state index in [-0.39, 0.29) is 18.2 Å². The van der Waals surface area contributed by atoms with E-state index in [0.29, 0.717) is 6.54 Å². The topological polar surface area (TPSA) is 57.8 Å². The number of aromatic nitrogens is 2. The minimum Gasteiger partial charge on any atom is -0.395 e. The highest BCUT2D eigenvalue weighted by Gasteiger charge is 2.21. The Labute approximate surface area is 121 Å². The lowest BCUT2D eigenvalue weighted by atomic mass is 10.1. The first-order chi connectivity index (χ1) is 9.78. The maximum Gasteiger partial charge on any atom is 0.258 e. The van der Waals surface area contributed by atoms with Crippen LogP contribution in [-0.4, -0.2) is 38.6 Å². The molecule has 0 spiro atoms. The van der Waals surface area contributed by atoms with E-state index in [1.54, 1.807) is 16.7 Å². The molecule has 1 N–H and O–H groups in total. The van der Waals surface area contributed by atoms with Gasteiger partial charge in [0.2, 0.25) is 0 Å². The lowest BCUT2D eigenvalue weighted by Crippen LogP contribution is -2.37. The second kappa shape index (κ2) is 6.03. The highest BCUT2D eigenvalue weighted by molar-refractivity contribution is 7.15. The SMILES string of the molecule is O=c1cc(CN2CCCCCC2CO)nc2sccn12. The Kier molecular flexibility index (Phi) is 4.14. The zero-order valence-electron chi connectivity index (χ0n) is 11.4. The fourth-order valence-electron chi connectivity index (χ4n) is 2.83. The molecule has 1 unspecified atom stereocenters. The summed E-state index contributed by atoms with van der Waals surface area (Å²) >= 11 is 1.47. The number of hydrogen-bond acceptors (Lipinski definition) is 5. The van der Waals surface area contributed by atoms with Gasteiger partial charge in [-0.05, 0) is 19.4 Å². The third-order valence-corrected chi connectivity index (χ3v) is 4.69. The van der Waals surface area contributed by atoms with Gasteiger partial charge in [0, 0.05) is 30.2 Å². The van der Waals surface area contributed by atoms with Gasteiger partial charge in [0.05, 0.1) is 12.3 Å². The van der Waals surface area contributed by atoms with Gasteiger partial charge in [-0.15, -0.1) is 11.3 Å². The molecule has 0 aromatic carbocycles. The summed E-state index contributed by atoms with van der Waals surface area (Å²) < 4.78 is 1.57. The summed E-state index contributed by atoms with van der Waals surface area (Å²) in [6, 6.07) is 1.81. The van der Waals surface area contributed by atoms with Crippen LogP contribution >= 0.6 is 11.3 Å². The first-order valence-electron chi connectivity index (χ1n) is 7.08. The van der Waals surface area contributed by atoms with Crippen molar-refractivity contribution in [3.63, 3.8) is 0 Å². The standard InChI is InChI=1S/C14H19N3O2S/c18-10-12-4-2-1-3-5-16(12)9-11-8-13(19)17-6-7-20-14(17)15-11/h6-8,12,18H,1-5,9-10H2. The number of rotatable bonds is 3. The summed E-state index contributed by atoms with van der Waals surface area (Å²) in [6.07, 6.45) is 6.31. The van der Waals surface area contributed by atoms with Crippen LogP contribution in [-0.2, 0) is 6.54 Å². The molecule has 3 rings (SSSR count). The number of nitrogens with zero attached hydrogens (tertiary/aromatic N) is 3. The molecule has 3 heterocycles. The largest absolute Gasteiger partial charge is 0.395 e. The van der Waals surface area contributed by atoms with Gasteiger partial charge in [-0.25, -0.2) is 4.98 Å². The zero-order valence-corrected chi connectivity index (χ0v) is 12.2. The predicted molar refractivity (Wildman–Crippen MR) is 79.1 cm³/mol. The number of aliphatic hydroxyl groups excluding tert-OH is 1. The van der Waals surface area contributed by atoms with Gasteiger partial charge in [0.15, 0.2) is 4.96 Å². The van der Waals surface area contributed by atoms with Gasteiger partial charge in [0.1, 0.15) is 0 Å². The van der Waals surface area contributed by atoms with Gasteiger partial charge in [-0.3, -0.25) is 14.1 Å². The molecule has 5 nitrogen and oxygen atoms in total. The molecule has 1 fully saturated rings. The third-order valence-electron chi connectivity index (χ3n) is 3.93. The van der Waals surface area contributed by atoms with E-state index in [2.05, 4.69) is 9.88 Å². The second-order valence-electron chi connectivity index (χ2n) is 5.30. The molecule has 2 aromatic rings. The van der Waals surface area contributed by atoms with Crippen LogP contribution in [0.15, 0.2) is 22.4 Å². The van der Waals surface area contributed by atoms with Crippen LogP contribution < -0.4 is 5.56 Å². The van der Waals surface area contributed by atoms with E-state index in [4.69, 9.17) is 0 Å². The van der Waals surface area contributed by atoms with Crippen LogP contribution in [0.5, 0.6) is 0 Å². The minimum atomic E-state index is -0.0263. The Hall–Kier alpha value is -1.24. The highest BCUT2D eigenvalue weighted by Crippen LogP contribution is 2.18. The van der Waals surface area contributed by atoms with Crippen LogP contribution in [0.3, 0.4) is 0 Å². The van der Waals surface area contributed by atoms with E-state index < -0.39 is 0 Å². The third kappa shape index (κ3) is 2.77. The molecule has 0 radical (unpaired) electrons. The van der Waals surface area contributed by atoms with Crippen LogP contribution in [0.4, 0.5) is 0 Å². The molecular formula is C14H19N3O2S. The van der Waals surface area contributed by atoms with Crippen LogP contribution in [0, 0.1) is 0 Å². The smallest absolute Gasteiger partial charge is 0.258 e. The number of thiazole rings is 1. The van der Waals surface area contributed by atoms with Crippen molar-refractivity contribution in [3.8, 4) is 0 Å². The van der Waals surface area contributed by atoms with Crippen molar-refractivity contribution in [1.29, 1.82) is 0 Å². The van der Waals surface area contributed by atoms with Crippen molar-refractivity contribution < 1.29 is 5.11 Å². The van der Waals surface area contributed by atoms with Crippen molar-refractivity contribution >= 4 is 16.3 Å². The summed E-state index contributed by atoms with van der Waals surface area (Å²) in [5, 5.41) is 11.4. The molecule has 1 atom stereocenters. The Bertz CT molecular complexity index is 637. The van der Waals surface area contributed by atoms with E-state index in [1.165, 1.54) is 24.2 Å². The molecule has 2 aromatic heterocycles. The molecule has 0 amide bonds. The van der Waals surface area contributed by atoms with E-state index in [1.807, 2.05) is 5.38 Å². The second-order valence-corrected chi connectivity index (χ2v) is 6.17. The number of fused-ring (bicyclic) bond motifs is 1. The van der Waals surface area contributed by atoms with Gasteiger partial charge >= 0.3 is 0 Å². The molecule has 1 saturated heterocycles. The predicted octanol–water partition coefficient (Wildman–Crippen LogP) is 1.49. The van der Waals surface area contributed by atoms with Crippen LogP contribution in [0.25, 0.3) is 4.96 Å². The lowest BCUT2D eigenvalue weighted by Gasteiger charge is -2.27. The van der Waals surface area contributed by atoms with Crippen molar-refractivity contribution in [3.05, 3.63) is 33.7 Å². The molecule has 1 aliphatic rings. The summed E-state index contributed by atoms with van der Waals surface area (Å²) in [5.74, 6) is 0. The molecular weight excluding hydrogens is 274 g/mol.